The van der Waals surface area contributed by atoms with Crippen LogP contribution in [0.2, 0.25) is 0 Å². The van der Waals surface area contributed by atoms with E-state index in [-0.39, 0.29) is 6.04 Å². The largest absolute Gasteiger partial charge is 0.377 e. The molecule has 3 rings (SSSR count). The average molecular weight is 260 g/mol. The molecule has 2 atom stereocenters. The highest BCUT2D eigenvalue weighted by Gasteiger charge is 2.27. The smallest absolute Gasteiger partial charge is 0.0594 e. The normalized spacial score (nSPS) is 26.8. The van der Waals surface area contributed by atoms with Gasteiger partial charge in [0.25, 0.3) is 0 Å². The van der Waals surface area contributed by atoms with E-state index in [1.165, 1.54) is 36.8 Å². The average Bonchev–Trinajstić information content (AvgIpc) is 3.04. The summed E-state index contributed by atoms with van der Waals surface area (Å²) in [6.07, 6.45) is 6.68. The lowest BCUT2D eigenvalue weighted by Crippen LogP contribution is -2.25. The zero-order valence-electron chi connectivity index (χ0n) is 11.5. The van der Waals surface area contributed by atoms with E-state index in [2.05, 4.69) is 29.6 Å². The van der Waals surface area contributed by atoms with Crippen LogP contribution >= 0.6 is 0 Å². The summed E-state index contributed by atoms with van der Waals surface area (Å²) in [5.41, 5.74) is 8.84. The second-order valence-corrected chi connectivity index (χ2v) is 5.76. The highest BCUT2D eigenvalue weighted by atomic mass is 16.5. The quantitative estimate of drug-likeness (QED) is 0.800. The van der Waals surface area contributed by atoms with Crippen LogP contribution in [-0.2, 0) is 4.74 Å². The zero-order chi connectivity index (χ0) is 13.1. The first-order chi connectivity index (χ1) is 9.34. The van der Waals surface area contributed by atoms with Gasteiger partial charge in [-0.3, -0.25) is 0 Å². The Morgan fingerprint density at radius 1 is 1.16 bits per heavy atom. The molecule has 3 N–H and O–H groups in total. The molecule has 19 heavy (non-hydrogen) atoms. The fourth-order valence-corrected chi connectivity index (χ4v) is 3.38. The van der Waals surface area contributed by atoms with Crippen LogP contribution < -0.4 is 11.1 Å². The summed E-state index contributed by atoms with van der Waals surface area (Å²) in [7, 11) is 0. The number of hydrogen-bond acceptors (Lipinski definition) is 3. The topological polar surface area (TPSA) is 47.3 Å². The maximum absolute atomic E-state index is 6.17. The van der Waals surface area contributed by atoms with Gasteiger partial charge in [0.15, 0.2) is 0 Å². The minimum Gasteiger partial charge on any atom is -0.377 e. The van der Waals surface area contributed by atoms with E-state index >= 15 is 0 Å². The van der Waals surface area contributed by atoms with Gasteiger partial charge in [0.2, 0.25) is 0 Å². The molecule has 0 radical (unpaired) electrons. The minimum absolute atomic E-state index is 0.185. The molecule has 2 aliphatic carbocycles. The van der Waals surface area contributed by atoms with Crippen LogP contribution in [0.1, 0.15) is 55.3 Å². The molecule has 104 valence electrons. The first-order valence-electron chi connectivity index (χ1n) is 7.54. The van der Waals surface area contributed by atoms with Gasteiger partial charge < -0.3 is 15.8 Å². The van der Waals surface area contributed by atoms with Gasteiger partial charge in [-0.25, -0.2) is 0 Å². The molecule has 0 saturated heterocycles. The van der Waals surface area contributed by atoms with Crippen LogP contribution in [-0.4, -0.2) is 19.3 Å². The minimum atomic E-state index is 0.185. The Bertz CT molecular complexity index is 415. The molecule has 1 aromatic carbocycles. The Kier molecular flexibility index (Phi) is 4.16. The Labute approximate surface area is 115 Å². The van der Waals surface area contributed by atoms with Crippen LogP contribution in [0.25, 0.3) is 0 Å². The predicted octanol–water partition coefficient (Wildman–Crippen LogP) is 2.68. The molecule has 3 heteroatoms. The summed E-state index contributed by atoms with van der Waals surface area (Å²) in [5.74, 6) is 0. The van der Waals surface area contributed by atoms with Crippen molar-refractivity contribution in [3.8, 4) is 0 Å². The Balaban J connectivity index is 1.46. The van der Waals surface area contributed by atoms with Crippen molar-refractivity contribution in [3.05, 3.63) is 35.4 Å². The lowest BCUT2D eigenvalue weighted by Gasteiger charge is -2.16. The number of benzene rings is 1. The van der Waals surface area contributed by atoms with Gasteiger partial charge >= 0.3 is 0 Å². The standard InChI is InChI=1S/C16H24N2O/c17-15-11-16(14-8-4-3-7-13(14)15)18-9-10-19-12-5-1-2-6-12/h3-4,7-8,12,15-16,18H,1-2,5-6,9-11,17H2. The summed E-state index contributed by atoms with van der Waals surface area (Å²) in [6, 6.07) is 9.10. The highest BCUT2D eigenvalue weighted by Crippen LogP contribution is 2.36. The van der Waals surface area contributed by atoms with Gasteiger partial charge in [0, 0.05) is 18.6 Å². The molecule has 2 unspecified atom stereocenters. The molecular formula is C16H24N2O. The van der Waals surface area contributed by atoms with Gasteiger partial charge in [-0.05, 0) is 30.4 Å². The molecule has 0 bridgehead atoms. The third-order valence-electron chi connectivity index (χ3n) is 4.41. The molecule has 0 aromatic heterocycles. The van der Waals surface area contributed by atoms with Crippen LogP contribution in [0.15, 0.2) is 24.3 Å². The van der Waals surface area contributed by atoms with Crippen molar-refractivity contribution in [3.63, 3.8) is 0 Å². The van der Waals surface area contributed by atoms with Gasteiger partial charge in [-0.15, -0.1) is 0 Å². The number of rotatable bonds is 5. The molecule has 0 amide bonds. The second-order valence-electron chi connectivity index (χ2n) is 5.76. The SMILES string of the molecule is NC1CC(NCCOC2CCCC2)c2ccccc21. The Hall–Kier alpha value is -0.900. The van der Waals surface area contributed by atoms with Gasteiger partial charge in [0.1, 0.15) is 0 Å². The third-order valence-corrected chi connectivity index (χ3v) is 4.41. The number of fused-ring (bicyclic) bond motifs is 1. The summed E-state index contributed by atoms with van der Waals surface area (Å²) < 4.78 is 5.88. The van der Waals surface area contributed by atoms with E-state index in [0.717, 1.165) is 19.6 Å². The third kappa shape index (κ3) is 2.99. The van der Waals surface area contributed by atoms with Crippen molar-refractivity contribution < 1.29 is 4.74 Å². The van der Waals surface area contributed by atoms with Crippen LogP contribution in [0, 0.1) is 0 Å². The van der Waals surface area contributed by atoms with E-state index in [1.807, 2.05) is 0 Å². The summed E-state index contributed by atoms with van der Waals surface area (Å²) in [4.78, 5) is 0. The van der Waals surface area contributed by atoms with Crippen LogP contribution in [0.3, 0.4) is 0 Å². The van der Waals surface area contributed by atoms with E-state index in [1.54, 1.807) is 0 Å². The Morgan fingerprint density at radius 3 is 2.68 bits per heavy atom. The molecule has 1 saturated carbocycles. The number of ether oxygens (including phenoxy) is 1. The van der Waals surface area contributed by atoms with Crippen LogP contribution in [0.4, 0.5) is 0 Å². The van der Waals surface area contributed by atoms with E-state index in [4.69, 9.17) is 10.5 Å². The maximum atomic E-state index is 6.17. The van der Waals surface area contributed by atoms with E-state index in [0.29, 0.717) is 12.1 Å². The van der Waals surface area contributed by atoms with Crippen molar-refractivity contribution in [1.82, 2.24) is 5.32 Å². The fraction of sp³-hybridized carbons (Fsp3) is 0.625. The van der Waals surface area contributed by atoms with Crippen molar-refractivity contribution in [2.45, 2.75) is 50.3 Å². The molecule has 0 heterocycles. The van der Waals surface area contributed by atoms with Crippen molar-refractivity contribution in [2.75, 3.05) is 13.2 Å². The summed E-state index contributed by atoms with van der Waals surface area (Å²) >= 11 is 0. The monoisotopic (exact) mass is 260 g/mol. The van der Waals surface area contributed by atoms with Crippen LogP contribution in [0.5, 0.6) is 0 Å². The molecular weight excluding hydrogens is 236 g/mol. The zero-order valence-corrected chi connectivity index (χ0v) is 11.5. The highest BCUT2D eigenvalue weighted by molar-refractivity contribution is 5.37. The lowest BCUT2D eigenvalue weighted by molar-refractivity contribution is 0.0590. The molecule has 1 fully saturated rings. The Morgan fingerprint density at radius 2 is 1.89 bits per heavy atom. The first-order valence-corrected chi connectivity index (χ1v) is 7.54. The van der Waals surface area contributed by atoms with Crippen molar-refractivity contribution in [2.24, 2.45) is 5.73 Å². The number of hydrogen-bond donors (Lipinski definition) is 2. The van der Waals surface area contributed by atoms with E-state index < -0.39 is 0 Å². The van der Waals surface area contributed by atoms with E-state index in [9.17, 15) is 0 Å². The van der Waals surface area contributed by atoms with Crippen molar-refractivity contribution in [1.29, 1.82) is 0 Å². The number of nitrogens with one attached hydrogen (secondary N) is 1. The predicted molar refractivity (Wildman–Crippen MR) is 76.9 cm³/mol. The lowest BCUT2D eigenvalue weighted by atomic mass is 10.1. The molecule has 0 aliphatic heterocycles. The molecule has 0 spiro atoms. The van der Waals surface area contributed by atoms with Gasteiger partial charge in [-0.2, -0.15) is 0 Å². The van der Waals surface area contributed by atoms with Gasteiger partial charge in [0.05, 0.1) is 12.7 Å². The molecule has 3 nitrogen and oxygen atoms in total. The van der Waals surface area contributed by atoms with Gasteiger partial charge in [-0.1, -0.05) is 37.1 Å². The number of nitrogens with two attached hydrogens (primary N) is 1. The van der Waals surface area contributed by atoms with Crippen molar-refractivity contribution >= 4 is 0 Å². The molecule has 2 aliphatic rings. The first kappa shape index (κ1) is 13.1. The maximum Gasteiger partial charge on any atom is 0.0594 e. The second kappa shape index (κ2) is 6.04. The molecule has 1 aromatic rings. The summed E-state index contributed by atoms with van der Waals surface area (Å²) in [6.45, 7) is 1.74. The summed E-state index contributed by atoms with van der Waals surface area (Å²) in [5, 5.41) is 3.59. The fourth-order valence-electron chi connectivity index (χ4n) is 3.38.